The van der Waals surface area contributed by atoms with Crippen molar-refractivity contribution in [1.29, 1.82) is 5.26 Å². The molecule has 2 N–H and O–H groups in total. The average Bonchev–Trinajstić information content (AvgIpc) is 2.96. The number of methoxy groups -OCH3 is 1. The summed E-state index contributed by atoms with van der Waals surface area (Å²) in [6.07, 6.45) is 1.70. The number of carbonyl (C=O) groups excluding carboxylic acids is 1. The van der Waals surface area contributed by atoms with Gasteiger partial charge in [0.25, 0.3) is 0 Å². The Balaban J connectivity index is 1.59. The summed E-state index contributed by atoms with van der Waals surface area (Å²) in [5.74, 6) is 0.209. The van der Waals surface area contributed by atoms with E-state index in [0.717, 1.165) is 15.9 Å². The van der Waals surface area contributed by atoms with Crippen LogP contribution in [-0.4, -0.2) is 17.8 Å². The zero-order valence-electron chi connectivity index (χ0n) is 21.6. The molecule has 202 valence electrons. The smallest absolute Gasteiger partial charge is 0.310 e. The van der Waals surface area contributed by atoms with Crippen LogP contribution in [0.4, 0.5) is 11.4 Å². The fraction of sp³-hybridized carbons (Fsp3) is 0.200. The lowest BCUT2D eigenvalue weighted by atomic mass is 9.75. The highest BCUT2D eigenvalue weighted by molar-refractivity contribution is 9.10. The van der Waals surface area contributed by atoms with E-state index in [1.807, 2.05) is 41.3 Å². The summed E-state index contributed by atoms with van der Waals surface area (Å²) < 4.78 is 12.3. The Hall–Kier alpha value is -4.62. The van der Waals surface area contributed by atoms with Crippen molar-refractivity contribution in [2.45, 2.75) is 31.8 Å². The molecule has 0 saturated heterocycles. The van der Waals surface area contributed by atoms with Crippen LogP contribution in [0.25, 0.3) is 0 Å². The monoisotopic (exact) mass is 600 g/mol. The van der Waals surface area contributed by atoms with Crippen LogP contribution in [0.2, 0.25) is 0 Å². The average molecular weight is 601 g/mol. The second-order valence-corrected chi connectivity index (χ2v) is 10.3. The number of para-hydroxylation sites is 2. The largest absolute Gasteiger partial charge is 0.496 e. The van der Waals surface area contributed by atoms with Crippen LogP contribution in [-0.2, 0) is 11.4 Å². The van der Waals surface area contributed by atoms with Crippen LogP contribution in [0.1, 0.15) is 36.3 Å². The molecule has 0 unspecified atom stereocenters. The van der Waals surface area contributed by atoms with Crippen LogP contribution in [0, 0.1) is 21.4 Å². The molecule has 9 nitrogen and oxygen atoms in total. The quantitative estimate of drug-likeness (QED) is 0.248. The standard InChI is InChI=1S/C30H25BrN4O5/c1-39-26-14-9-18(15-19(26)17-40-27-8-3-2-5-23(27)35(37)38)28-22(16-32)30(33)34(21-12-10-20(31)11-13-21)24-6-4-7-25(36)29(24)28/h2-3,5,8-15,28H,4,6-7,17,33H2,1H3/t28-/m0/s1. The highest BCUT2D eigenvalue weighted by Crippen LogP contribution is 2.47. The molecule has 0 bridgehead atoms. The number of nitro groups is 1. The topological polar surface area (TPSA) is 132 Å². The van der Waals surface area contributed by atoms with E-state index in [-0.39, 0.29) is 35.2 Å². The molecule has 0 fully saturated rings. The lowest BCUT2D eigenvalue weighted by Gasteiger charge is -2.39. The molecule has 0 saturated carbocycles. The van der Waals surface area contributed by atoms with Crippen molar-refractivity contribution >= 4 is 33.1 Å². The highest BCUT2D eigenvalue weighted by atomic mass is 79.9. The molecule has 2 aliphatic rings. The molecule has 1 heterocycles. The maximum Gasteiger partial charge on any atom is 0.310 e. The van der Waals surface area contributed by atoms with Crippen molar-refractivity contribution in [3.05, 3.63) is 115 Å². The predicted octanol–water partition coefficient (Wildman–Crippen LogP) is 6.25. The van der Waals surface area contributed by atoms with Gasteiger partial charge in [-0.1, -0.05) is 34.1 Å². The molecule has 1 aliphatic heterocycles. The number of benzene rings is 3. The van der Waals surface area contributed by atoms with Gasteiger partial charge in [0.1, 0.15) is 18.2 Å². The van der Waals surface area contributed by atoms with Crippen molar-refractivity contribution < 1.29 is 19.2 Å². The highest BCUT2D eigenvalue weighted by Gasteiger charge is 2.40. The molecule has 0 radical (unpaired) electrons. The van der Waals surface area contributed by atoms with E-state index in [0.29, 0.717) is 41.7 Å². The van der Waals surface area contributed by atoms with Crippen molar-refractivity contribution in [1.82, 2.24) is 0 Å². The Kier molecular flexibility index (Phi) is 7.58. The Morgan fingerprint density at radius 2 is 1.88 bits per heavy atom. The summed E-state index contributed by atoms with van der Waals surface area (Å²) in [4.78, 5) is 26.2. The molecule has 0 amide bonds. The van der Waals surface area contributed by atoms with Gasteiger partial charge in [-0.25, -0.2) is 0 Å². The van der Waals surface area contributed by atoms with E-state index in [4.69, 9.17) is 15.2 Å². The van der Waals surface area contributed by atoms with Gasteiger partial charge >= 0.3 is 5.69 Å². The van der Waals surface area contributed by atoms with Crippen LogP contribution < -0.4 is 20.1 Å². The van der Waals surface area contributed by atoms with Gasteiger partial charge in [-0.2, -0.15) is 5.26 Å². The normalized spacial score (nSPS) is 16.9. The lowest BCUT2D eigenvalue weighted by molar-refractivity contribution is -0.385. The number of rotatable bonds is 7. The number of halogens is 1. The fourth-order valence-electron chi connectivity index (χ4n) is 5.28. The van der Waals surface area contributed by atoms with Crippen molar-refractivity contribution in [2.75, 3.05) is 12.0 Å². The van der Waals surface area contributed by atoms with E-state index < -0.39 is 10.8 Å². The van der Waals surface area contributed by atoms with Gasteiger partial charge in [0, 0.05) is 39.5 Å². The third kappa shape index (κ3) is 4.92. The van der Waals surface area contributed by atoms with E-state index in [9.17, 15) is 20.2 Å². The van der Waals surface area contributed by atoms with Gasteiger partial charge in [-0.05, 0) is 60.9 Å². The van der Waals surface area contributed by atoms with E-state index in [2.05, 4.69) is 22.0 Å². The molecule has 0 spiro atoms. The summed E-state index contributed by atoms with van der Waals surface area (Å²) in [6, 6.07) is 21.3. The molecule has 3 aromatic carbocycles. The number of ketones is 1. The molecule has 0 aromatic heterocycles. The number of nitrogens with two attached hydrogens (primary N) is 1. The van der Waals surface area contributed by atoms with Gasteiger partial charge < -0.3 is 15.2 Å². The number of carbonyl (C=O) groups is 1. The SMILES string of the molecule is COc1ccc([C@H]2C(C#N)=C(N)N(c3ccc(Br)cc3)C3=C2C(=O)CCC3)cc1COc1ccccc1[N+](=O)[O-]. The molecule has 1 aliphatic carbocycles. The number of allylic oxidation sites excluding steroid dienone is 3. The number of anilines is 1. The molecular formula is C30H25BrN4O5. The minimum absolute atomic E-state index is 0.0258. The van der Waals surface area contributed by atoms with Gasteiger partial charge in [0.05, 0.1) is 29.6 Å². The second-order valence-electron chi connectivity index (χ2n) is 9.38. The first kappa shape index (κ1) is 27.0. The first-order valence-corrected chi connectivity index (χ1v) is 13.4. The molecule has 10 heteroatoms. The zero-order valence-corrected chi connectivity index (χ0v) is 23.2. The minimum atomic E-state index is -0.671. The van der Waals surface area contributed by atoms with Gasteiger partial charge in [0.15, 0.2) is 11.5 Å². The van der Waals surface area contributed by atoms with Crippen molar-refractivity contribution in [3.8, 4) is 17.6 Å². The number of nitriles is 1. The Morgan fingerprint density at radius 3 is 2.58 bits per heavy atom. The second kappa shape index (κ2) is 11.2. The van der Waals surface area contributed by atoms with E-state index >= 15 is 0 Å². The van der Waals surface area contributed by atoms with Crippen molar-refractivity contribution in [2.24, 2.45) is 5.73 Å². The summed E-state index contributed by atoms with van der Waals surface area (Å²) in [7, 11) is 1.52. The molecule has 5 rings (SSSR count). The number of nitrogens with zero attached hydrogens (tertiary/aromatic N) is 3. The zero-order chi connectivity index (χ0) is 28.4. The Morgan fingerprint density at radius 1 is 1.12 bits per heavy atom. The third-order valence-electron chi connectivity index (χ3n) is 7.08. The van der Waals surface area contributed by atoms with Gasteiger partial charge in [-0.15, -0.1) is 0 Å². The van der Waals surface area contributed by atoms with Gasteiger partial charge in [-0.3, -0.25) is 19.8 Å². The minimum Gasteiger partial charge on any atom is -0.496 e. The molecule has 3 aromatic rings. The first-order chi connectivity index (χ1) is 19.3. The number of hydrogen-bond acceptors (Lipinski definition) is 8. The maximum absolute atomic E-state index is 13.5. The van der Waals surface area contributed by atoms with Crippen LogP contribution in [0.15, 0.2) is 93.9 Å². The number of nitro benzene ring substituents is 1. The van der Waals surface area contributed by atoms with Crippen LogP contribution >= 0.6 is 15.9 Å². The van der Waals surface area contributed by atoms with Gasteiger partial charge in [0.2, 0.25) is 0 Å². The molecule has 40 heavy (non-hydrogen) atoms. The molecule has 1 atom stereocenters. The number of Topliss-reactive ketones (excluding diaryl/α,β-unsaturated/α-hetero) is 1. The lowest BCUT2D eigenvalue weighted by Crippen LogP contribution is -2.38. The summed E-state index contributed by atoms with van der Waals surface area (Å²) in [5, 5.41) is 21.8. The number of hydrogen-bond donors (Lipinski definition) is 1. The summed E-state index contributed by atoms with van der Waals surface area (Å²) >= 11 is 3.45. The number of ether oxygens (including phenoxy) is 2. The van der Waals surface area contributed by atoms with Crippen LogP contribution in [0.5, 0.6) is 11.5 Å². The summed E-state index contributed by atoms with van der Waals surface area (Å²) in [6.45, 7) is -0.0272. The summed E-state index contributed by atoms with van der Waals surface area (Å²) in [5.41, 5.74) is 10.2. The Bertz CT molecular complexity index is 1610. The van der Waals surface area contributed by atoms with E-state index in [1.54, 1.807) is 18.2 Å². The predicted molar refractivity (Wildman–Crippen MR) is 152 cm³/mol. The van der Waals surface area contributed by atoms with E-state index in [1.165, 1.54) is 19.2 Å². The van der Waals surface area contributed by atoms with Crippen molar-refractivity contribution in [3.63, 3.8) is 0 Å². The fourth-order valence-corrected chi connectivity index (χ4v) is 5.55. The van der Waals surface area contributed by atoms with Crippen LogP contribution in [0.3, 0.4) is 0 Å². The maximum atomic E-state index is 13.5. The third-order valence-corrected chi connectivity index (χ3v) is 7.61. The Labute approximate surface area is 239 Å². The molecular weight excluding hydrogens is 576 g/mol. The first-order valence-electron chi connectivity index (χ1n) is 12.6.